The fourth-order valence-corrected chi connectivity index (χ4v) is 3.21. The Kier molecular flexibility index (Phi) is 4.26. The Balaban J connectivity index is 2.28. The number of thiophene rings is 1. The van der Waals surface area contributed by atoms with Gasteiger partial charge in [-0.05, 0) is 56.8 Å². The molecule has 1 aromatic heterocycles. The molecule has 3 nitrogen and oxygen atoms in total. The van der Waals surface area contributed by atoms with E-state index in [1.165, 1.54) is 15.6 Å². The van der Waals surface area contributed by atoms with E-state index >= 15 is 0 Å². The van der Waals surface area contributed by atoms with E-state index in [4.69, 9.17) is 5.84 Å². The first kappa shape index (κ1) is 14.5. The smallest absolute Gasteiger partial charge is 0.0429 e. The van der Waals surface area contributed by atoms with E-state index < -0.39 is 0 Å². The van der Waals surface area contributed by atoms with E-state index in [0.29, 0.717) is 0 Å². The van der Waals surface area contributed by atoms with Crippen molar-refractivity contribution in [2.45, 2.75) is 31.8 Å². The Bertz CT molecular complexity index is 545. The van der Waals surface area contributed by atoms with Crippen LogP contribution in [0.2, 0.25) is 0 Å². The van der Waals surface area contributed by atoms with Gasteiger partial charge in [-0.25, -0.2) is 0 Å². The van der Waals surface area contributed by atoms with Crippen molar-refractivity contribution in [1.82, 2.24) is 10.3 Å². The summed E-state index contributed by atoms with van der Waals surface area (Å²) in [5.74, 6) is 5.78. The maximum absolute atomic E-state index is 5.78. The third-order valence-electron chi connectivity index (χ3n) is 4.19. The predicted molar refractivity (Wildman–Crippen MR) is 84.4 cm³/mol. The summed E-state index contributed by atoms with van der Waals surface area (Å²) in [5, 5.41) is 3.60. The average Bonchev–Trinajstić information content (AvgIpc) is 2.78. The molecule has 1 atom stereocenters. The summed E-state index contributed by atoms with van der Waals surface area (Å²) >= 11 is 1.80. The molecule has 0 spiro atoms. The van der Waals surface area contributed by atoms with Gasteiger partial charge in [0.25, 0.3) is 0 Å². The molecule has 0 fully saturated rings. The zero-order valence-electron chi connectivity index (χ0n) is 12.1. The number of fused-ring (bicyclic) bond motifs is 1. The summed E-state index contributed by atoms with van der Waals surface area (Å²) in [6.45, 7) is 4.43. The van der Waals surface area contributed by atoms with Crippen molar-refractivity contribution in [2.24, 2.45) is 5.84 Å². The number of nitrogens with one attached hydrogen (secondary N) is 1. The van der Waals surface area contributed by atoms with Gasteiger partial charge in [0.2, 0.25) is 0 Å². The minimum Gasteiger partial charge on any atom is -0.303 e. The Morgan fingerprint density at radius 3 is 2.63 bits per heavy atom. The van der Waals surface area contributed by atoms with Crippen molar-refractivity contribution in [3.8, 4) is 0 Å². The lowest BCUT2D eigenvalue weighted by molar-refractivity contribution is 0.137. The maximum atomic E-state index is 5.78. The van der Waals surface area contributed by atoms with Gasteiger partial charge in [-0.15, -0.1) is 11.3 Å². The summed E-state index contributed by atoms with van der Waals surface area (Å²) in [6, 6.07) is 8.76. The topological polar surface area (TPSA) is 41.3 Å². The summed E-state index contributed by atoms with van der Waals surface area (Å²) in [5.41, 5.74) is 4.36. The van der Waals surface area contributed by atoms with Gasteiger partial charge < -0.3 is 4.90 Å². The summed E-state index contributed by atoms with van der Waals surface area (Å²) in [4.78, 5) is 2.21. The lowest BCUT2D eigenvalue weighted by Crippen LogP contribution is -2.58. The molecule has 19 heavy (non-hydrogen) atoms. The molecule has 0 amide bonds. The maximum Gasteiger partial charge on any atom is 0.0429 e. The Morgan fingerprint density at radius 2 is 2.00 bits per heavy atom. The number of hydrogen-bond acceptors (Lipinski definition) is 4. The highest BCUT2D eigenvalue weighted by molar-refractivity contribution is 7.17. The SMILES string of the molecule is CN(C)C(C)(C)C(Cc1csc2ccccc12)NN. The van der Waals surface area contributed by atoms with Crippen LogP contribution in [0.25, 0.3) is 10.1 Å². The number of rotatable bonds is 5. The normalized spacial score (nSPS) is 14.2. The third kappa shape index (κ3) is 2.82. The standard InChI is InChI=1S/C15H23N3S/c1-15(2,18(3)4)14(17-16)9-11-10-19-13-8-6-5-7-12(11)13/h5-8,10,14,17H,9,16H2,1-4H3. The zero-order chi connectivity index (χ0) is 14.0. The highest BCUT2D eigenvalue weighted by Crippen LogP contribution is 2.28. The minimum atomic E-state index is -0.00219. The van der Waals surface area contributed by atoms with E-state index in [-0.39, 0.29) is 11.6 Å². The molecule has 4 heteroatoms. The largest absolute Gasteiger partial charge is 0.303 e. The van der Waals surface area contributed by atoms with Crippen LogP contribution >= 0.6 is 11.3 Å². The Hall–Kier alpha value is -0.940. The summed E-state index contributed by atoms with van der Waals surface area (Å²) in [7, 11) is 4.19. The molecule has 1 unspecified atom stereocenters. The van der Waals surface area contributed by atoms with Crippen molar-refractivity contribution in [1.29, 1.82) is 0 Å². The molecule has 0 aliphatic carbocycles. The molecule has 1 heterocycles. The van der Waals surface area contributed by atoms with Gasteiger partial charge in [0.15, 0.2) is 0 Å². The van der Waals surface area contributed by atoms with Crippen LogP contribution in [-0.2, 0) is 6.42 Å². The first-order valence-electron chi connectivity index (χ1n) is 6.55. The lowest BCUT2D eigenvalue weighted by atomic mass is 9.88. The van der Waals surface area contributed by atoms with E-state index in [1.54, 1.807) is 11.3 Å². The van der Waals surface area contributed by atoms with Crippen LogP contribution in [0.5, 0.6) is 0 Å². The molecule has 0 aliphatic heterocycles. The number of hydrazine groups is 1. The summed E-state index contributed by atoms with van der Waals surface area (Å²) < 4.78 is 1.34. The van der Waals surface area contributed by atoms with Crippen molar-refractivity contribution in [2.75, 3.05) is 14.1 Å². The van der Waals surface area contributed by atoms with E-state index in [2.05, 4.69) is 67.9 Å². The quantitative estimate of drug-likeness (QED) is 0.652. The molecule has 3 N–H and O–H groups in total. The molecule has 104 valence electrons. The van der Waals surface area contributed by atoms with Gasteiger partial charge >= 0.3 is 0 Å². The average molecular weight is 277 g/mol. The third-order valence-corrected chi connectivity index (χ3v) is 5.20. The Morgan fingerprint density at radius 1 is 1.32 bits per heavy atom. The monoisotopic (exact) mass is 277 g/mol. The minimum absolute atomic E-state index is 0.00219. The fraction of sp³-hybridized carbons (Fsp3) is 0.467. The molecular formula is C15H23N3S. The number of likely N-dealkylation sites (N-methyl/N-ethyl adjacent to an activating group) is 1. The molecule has 0 aliphatic rings. The van der Waals surface area contributed by atoms with Crippen molar-refractivity contribution in [3.05, 3.63) is 35.2 Å². The molecule has 2 rings (SSSR count). The molecule has 0 saturated heterocycles. The molecule has 0 radical (unpaired) electrons. The van der Waals surface area contributed by atoms with E-state index in [1.807, 2.05) is 0 Å². The highest BCUT2D eigenvalue weighted by Gasteiger charge is 2.31. The van der Waals surface area contributed by atoms with Crippen LogP contribution in [-0.4, -0.2) is 30.6 Å². The van der Waals surface area contributed by atoms with Crippen molar-refractivity contribution >= 4 is 21.4 Å². The highest BCUT2D eigenvalue weighted by atomic mass is 32.1. The first-order valence-corrected chi connectivity index (χ1v) is 7.43. The van der Waals surface area contributed by atoms with Gasteiger partial charge in [-0.1, -0.05) is 18.2 Å². The van der Waals surface area contributed by atoms with Crippen molar-refractivity contribution < 1.29 is 0 Å². The van der Waals surface area contributed by atoms with Crippen molar-refractivity contribution in [3.63, 3.8) is 0 Å². The second-order valence-corrected chi connectivity index (χ2v) is 6.64. The van der Waals surface area contributed by atoms with Crippen LogP contribution in [0.1, 0.15) is 19.4 Å². The van der Waals surface area contributed by atoms with E-state index in [9.17, 15) is 0 Å². The lowest BCUT2D eigenvalue weighted by Gasteiger charge is -2.39. The van der Waals surface area contributed by atoms with Gasteiger partial charge in [-0.2, -0.15) is 0 Å². The van der Waals surface area contributed by atoms with E-state index in [0.717, 1.165) is 6.42 Å². The molecular weight excluding hydrogens is 254 g/mol. The number of benzene rings is 1. The number of nitrogens with two attached hydrogens (primary N) is 1. The zero-order valence-corrected chi connectivity index (χ0v) is 12.9. The predicted octanol–water partition coefficient (Wildman–Crippen LogP) is 2.62. The summed E-state index contributed by atoms with van der Waals surface area (Å²) in [6.07, 6.45) is 0.936. The number of nitrogens with zero attached hydrogens (tertiary/aromatic N) is 1. The molecule has 0 saturated carbocycles. The van der Waals surface area contributed by atoms with Crippen LogP contribution in [0.15, 0.2) is 29.6 Å². The van der Waals surface area contributed by atoms with Crippen LogP contribution in [0.3, 0.4) is 0 Å². The van der Waals surface area contributed by atoms with Crippen LogP contribution < -0.4 is 11.3 Å². The first-order chi connectivity index (χ1) is 8.96. The molecule has 0 bridgehead atoms. The Labute approximate surface area is 119 Å². The van der Waals surface area contributed by atoms with Gasteiger partial charge in [-0.3, -0.25) is 11.3 Å². The fourth-order valence-electron chi connectivity index (χ4n) is 2.24. The van der Waals surface area contributed by atoms with Crippen LogP contribution in [0.4, 0.5) is 0 Å². The van der Waals surface area contributed by atoms with Gasteiger partial charge in [0.05, 0.1) is 0 Å². The van der Waals surface area contributed by atoms with Crippen LogP contribution in [0, 0.1) is 0 Å². The molecule has 1 aromatic carbocycles. The number of hydrogen-bond donors (Lipinski definition) is 2. The van der Waals surface area contributed by atoms with Gasteiger partial charge in [0.1, 0.15) is 0 Å². The second kappa shape index (κ2) is 5.59. The molecule has 2 aromatic rings. The second-order valence-electron chi connectivity index (χ2n) is 5.73. The van der Waals surface area contributed by atoms with Gasteiger partial charge in [0, 0.05) is 16.3 Å².